The number of pyridine rings is 1. The third-order valence-corrected chi connectivity index (χ3v) is 4.69. The predicted octanol–water partition coefficient (Wildman–Crippen LogP) is 5.09. The summed E-state index contributed by atoms with van der Waals surface area (Å²) in [5, 5.41) is 0.649. The van der Waals surface area contributed by atoms with Crippen LogP contribution < -0.4 is 0 Å². The third kappa shape index (κ3) is 2.33. The topological polar surface area (TPSA) is 12.9 Å². The number of aryl methyl sites for hydroxylation is 1. The largest absolute Gasteiger partial charge is 0.416 e. The lowest BCUT2D eigenvalue weighted by molar-refractivity contribution is -0.137. The maximum atomic E-state index is 12.5. The van der Waals surface area contributed by atoms with E-state index in [1.54, 1.807) is 6.92 Å². The number of benzene rings is 1. The minimum absolute atomic E-state index is 0.326. The van der Waals surface area contributed by atoms with Crippen molar-refractivity contribution >= 4 is 42.8 Å². The Balaban J connectivity index is 2.76. The van der Waals surface area contributed by atoms with Crippen LogP contribution in [0.25, 0.3) is 10.9 Å². The van der Waals surface area contributed by atoms with Crippen molar-refractivity contribution in [2.45, 2.75) is 13.1 Å². The van der Waals surface area contributed by atoms with Crippen molar-refractivity contribution in [3.8, 4) is 0 Å². The average molecular weight is 369 g/mol. The van der Waals surface area contributed by atoms with E-state index in [9.17, 15) is 13.2 Å². The number of aromatic nitrogens is 1. The van der Waals surface area contributed by atoms with Gasteiger partial charge >= 0.3 is 6.18 Å². The molecule has 6 heteroatoms. The summed E-state index contributed by atoms with van der Waals surface area (Å²) in [4.78, 5) is 4.13. The third-order valence-electron chi connectivity index (χ3n) is 2.36. The van der Waals surface area contributed by atoms with E-state index in [4.69, 9.17) is 0 Å². The highest BCUT2D eigenvalue weighted by Gasteiger charge is 2.30. The van der Waals surface area contributed by atoms with Crippen LogP contribution in [0, 0.1) is 6.92 Å². The Morgan fingerprint density at radius 3 is 2.35 bits per heavy atom. The predicted molar refractivity (Wildman–Crippen MR) is 66.9 cm³/mol. The molecule has 0 aliphatic carbocycles. The average Bonchev–Trinajstić information content (AvgIpc) is 2.24. The summed E-state index contributed by atoms with van der Waals surface area (Å²) in [6.45, 7) is 1.73. The molecule has 1 aromatic heterocycles. The molecule has 0 aliphatic rings. The number of halogens is 5. The first-order valence-electron chi connectivity index (χ1n) is 4.63. The van der Waals surface area contributed by atoms with Gasteiger partial charge in [-0.15, -0.1) is 0 Å². The number of alkyl halides is 3. The van der Waals surface area contributed by atoms with Crippen LogP contribution in [0.4, 0.5) is 13.2 Å². The Morgan fingerprint density at radius 2 is 1.76 bits per heavy atom. The fourth-order valence-corrected chi connectivity index (χ4v) is 2.42. The first-order valence-corrected chi connectivity index (χ1v) is 6.22. The lowest BCUT2D eigenvalue weighted by Crippen LogP contribution is -2.04. The minimum Gasteiger partial charge on any atom is -0.252 e. The van der Waals surface area contributed by atoms with Crippen LogP contribution in [0.5, 0.6) is 0 Å². The summed E-state index contributed by atoms with van der Waals surface area (Å²) < 4.78 is 39.1. The maximum Gasteiger partial charge on any atom is 0.416 e. The van der Waals surface area contributed by atoms with Gasteiger partial charge in [0, 0.05) is 9.86 Å². The van der Waals surface area contributed by atoms with E-state index >= 15 is 0 Å². The van der Waals surface area contributed by atoms with Crippen LogP contribution >= 0.6 is 31.9 Å². The van der Waals surface area contributed by atoms with E-state index in [1.807, 2.05) is 0 Å². The molecule has 0 bridgehead atoms. The summed E-state index contributed by atoms with van der Waals surface area (Å²) in [6, 6.07) is 3.52. The fourth-order valence-electron chi connectivity index (χ4n) is 1.49. The van der Waals surface area contributed by atoms with Crippen LogP contribution in [0.1, 0.15) is 11.3 Å². The van der Waals surface area contributed by atoms with Gasteiger partial charge in [-0.05, 0) is 50.9 Å². The highest BCUT2D eigenvalue weighted by Crippen LogP contribution is 2.36. The summed E-state index contributed by atoms with van der Waals surface area (Å²) in [5.74, 6) is 0. The molecule has 0 N–H and O–H groups in total. The first kappa shape index (κ1) is 12.8. The Kier molecular flexibility index (Phi) is 3.20. The van der Waals surface area contributed by atoms with Gasteiger partial charge in [-0.1, -0.05) is 6.07 Å². The molecule has 0 saturated carbocycles. The Morgan fingerprint density at radius 1 is 1.12 bits per heavy atom. The van der Waals surface area contributed by atoms with Gasteiger partial charge in [-0.25, -0.2) is 0 Å². The van der Waals surface area contributed by atoms with Crippen LogP contribution in [-0.4, -0.2) is 4.98 Å². The van der Waals surface area contributed by atoms with Crippen molar-refractivity contribution in [3.05, 3.63) is 38.4 Å². The molecule has 0 unspecified atom stereocenters. The quantitative estimate of drug-likeness (QED) is 0.631. The zero-order valence-electron chi connectivity index (χ0n) is 8.57. The zero-order valence-corrected chi connectivity index (χ0v) is 11.7. The van der Waals surface area contributed by atoms with Crippen LogP contribution in [0.15, 0.2) is 27.1 Å². The van der Waals surface area contributed by atoms with E-state index < -0.39 is 11.7 Å². The number of nitrogens with zero attached hydrogens (tertiary/aromatic N) is 1. The van der Waals surface area contributed by atoms with Gasteiger partial charge in [-0.2, -0.15) is 13.2 Å². The molecule has 0 fully saturated rings. The summed E-state index contributed by atoms with van der Waals surface area (Å²) in [5.41, 5.74) is 0.280. The number of hydrogen-bond donors (Lipinski definition) is 0. The van der Waals surface area contributed by atoms with Gasteiger partial charge in [0.2, 0.25) is 0 Å². The molecule has 0 spiro atoms. The van der Waals surface area contributed by atoms with E-state index in [0.29, 0.717) is 21.1 Å². The molecule has 1 heterocycles. The highest BCUT2D eigenvalue weighted by atomic mass is 79.9. The molecule has 0 radical (unpaired) electrons. The molecular formula is C11H6Br2F3N. The second kappa shape index (κ2) is 4.24. The van der Waals surface area contributed by atoms with Crippen LogP contribution in [-0.2, 0) is 6.18 Å². The van der Waals surface area contributed by atoms with E-state index in [-0.39, 0.29) is 0 Å². The van der Waals surface area contributed by atoms with Gasteiger partial charge in [0.05, 0.1) is 21.2 Å². The number of hydrogen-bond acceptors (Lipinski definition) is 1. The van der Waals surface area contributed by atoms with Crippen LogP contribution in [0.3, 0.4) is 0 Å². The molecule has 1 aromatic carbocycles. The van der Waals surface area contributed by atoms with Crippen molar-refractivity contribution < 1.29 is 13.2 Å². The second-order valence-corrected chi connectivity index (χ2v) is 5.14. The van der Waals surface area contributed by atoms with Crippen molar-refractivity contribution in [1.29, 1.82) is 0 Å². The molecule has 90 valence electrons. The first-order chi connectivity index (χ1) is 7.80. The summed E-state index contributed by atoms with van der Waals surface area (Å²) in [7, 11) is 0. The van der Waals surface area contributed by atoms with E-state index in [2.05, 4.69) is 36.8 Å². The fraction of sp³-hybridized carbons (Fsp3) is 0.182. The molecule has 0 aliphatic heterocycles. The summed E-state index contributed by atoms with van der Waals surface area (Å²) >= 11 is 6.67. The molecule has 2 aromatic rings. The van der Waals surface area contributed by atoms with Gasteiger partial charge in [-0.3, -0.25) is 4.98 Å². The van der Waals surface area contributed by atoms with E-state index in [0.717, 1.165) is 16.6 Å². The normalized spacial score (nSPS) is 12.1. The molecule has 1 nitrogen and oxygen atoms in total. The SMILES string of the molecule is Cc1nc2cc(C(F)(F)F)ccc2c(Br)c1Br. The maximum absolute atomic E-state index is 12.5. The van der Waals surface area contributed by atoms with Gasteiger partial charge in [0.25, 0.3) is 0 Å². The number of rotatable bonds is 0. The van der Waals surface area contributed by atoms with Crippen molar-refractivity contribution in [2.24, 2.45) is 0 Å². The van der Waals surface area contributed by atoms with Crippen molar-refractivity contribution in [3.63, 3.8) is 0 Å². The molecule has 0 atom stereocenters. The van der Waals surface area contributed by atoms with Crippen LogP contribution in [0.2, 0.25) is 0 Å². The Hall–Kier alpha value is -0.620. The molecule has 0 amide bonds. The van der Waals surface area contributed by atoms with E-state index in [1.165, 1.54) is 6.07 Å². The smallest absolute Gasteiger partial charge is 0.252 e. The molecule has 2 rings (SSSR count). The Labute approximate surface area is 112 Å². The highest BCUT2D eigenvalue weighted by molar-refractivity contribution is 9.13. The van der Waals surface area contributed by atoms with Crippen molar-refractivity contribution in [2.75, 3.05) is 0 Å². The lowest BCUT2D eigenvalue weighted by Gasteiger charge is -2.10. The molecule has 17 heavy (non-hydrogen) atoms. The standard InChI is InChI=1S/C11H6Br2F3N/c1-5-9(12)10(13)7-3-2-6(11(14,15)16)4-8(7)17-5/h2-4H,1H3. The Bertz CT molecular complexity index is 593. The lowest BCUT2D eigenvalue weighted by atomic mass is 10.1. The van der Waals surface area contributed by atoms with Crippen molar-refractivity contribution in [1.82, 2.24) is 4.98 Å². The number of fused-ring (bicyclic) bond motifs is 1. The second-order valence-electron chi connectivity index (χ2n) is 3.55. The molecule has 0 saturated heterocycles. The summed E-state index contributed by atoms with van der Waals surface area (Å²) in [6.07, 6.45) is -4.34. The zero-order chi connectivity index (χ0) is 12.8. The van der Waals surface area contributed by atoms with Gasteiger partial charge < -0.3 is 0 Å². The molecular weight excluding hydrogens is 363 g/mol. The van der Waals surface area contributed by atoms with Gasteiger partial charge in [0.1, 0.15) is 0 Å². The minimum atomic E-state index is -4.34. The monoisotopic (exact) mass is 367 g/mol. The van der Waals surface area contributed by atoms with Gasteiger partial charge in [0.15, 0.2) is 0 Å².